The van der Waals surface area contributed by atoms with Crippen LogP contribution in [-0.2, 0) is 6.42 Å². The van der Waals surface area contributed by atoms with E-state index in [4.69, 9.17) is 4.52 Å². The number of anilines is 1. The first-order valence-electron chi connectivity index (χ1n) is 5.61. The molecule has 0 unspecified atom stereocenters. The van der Waals surface area contributed by atoms with Crippen molar-refractivity contribution < 1.29 is 14.2 Å². The number of nitrogens with zero attached hydrogens (tertiary/aromatic N) is 2. The standard InChI is InChI=1S/C12H11N3O4/c1-2-11-10(7-13-19-11)12(16)14-8-3-5-9(6-4-8)15(17)18/h3-7H,2H2,1H3,(H,14,16). The summed E-state index contributed by atoms with van der Waals surface area (Å²) in [5, 5.41) is 16.7. The number of non-ortho nitro benzene ring substituents is 1. The summed E-state index contributed by atoms with van der Waals surface area (Å²) in [6.45, 7) is 1.85. The molecule has 1 amide bonds. The second-order valence-corrected chi connectivity index (χ2v) is 3.77. The third kappa shape index (κ3) is 2.76. The SMILES string of the molecule is CCc1oncc1C(=O)Nc1ccc([N+](=O)[O-])cc1. The van der Waals surface area contributed by atoms with E-state index in [0.29, 0.717) is 23.4 Å². The van der Waals surface area contributed by atoms with Gasteiger partial charge in [-0.25, -0.2) is 0 Å². The van der Waals surface area contributed by atoms with Crippen molar-refractivity contribution in [3.63, 3.8) is 0 Å². The highest BCUT2D eigenvalue weighted by Crippen LogP contribution is 2.17. The molecule has 1 aromatic heterocycles. The topological polar surface area (TPSA) is 98.3 Å². The van der Waals surface area contributed by atoms with Crippen molar-refractivity contribution in [3.8, 4) is 0 Å². The van der Waals surface area contributed by atoms with Crippen LogP contribution in [0.15, 0.2) is 35.0 Å². The molecule has 2 aromatic rings. The second kappa shape index (κ2) is 5.30. The molecule has 7 nitrogen and oxygen atoms in total. The van der Waals surface area contributed by atoms with E-state index in [2.05, 4.69) is 10.5 Å². The number of hydrogen-bond donors (Lipinski definition) is 1. The maximum absolute atomic E-state index is 11.9. The van der Waals surface area contributed by atoms with Crippen LogP contribution in [0.2, 0.25) is 0 Å². The maximum atomic E-state index is 11.9. The molecular formula is C12H11N3O4. The van der Waals surface area contributed by atoms with Crippen LogP contribution < -0.4 is 5.32 Å². The lowest BCUT2D eigenvalue weighted by molar-refractivity contribution is -0.384. The van der Waals surface area contributed by atoms with Crippen LogP contribution in [0.3, 0.4) is 0 Å². The number of carbonyl (C=O) groups is 1. The number of aromatic nitrogens is 1. The average molecular weight is 261 g/mol. The van der Waals surface area contributed by atoms with Crippen molar-refractivity contribution in [3.05, 3.63) is 51.9 Å². The number of hydrogen-bond acceptors (Lipinski definition) is 5. The normalized spacial score (nSPS) is 10.2. The lowest BCUT2D eigenvalue weighted by Gasteiger charge is -2.03. The van der Waals surface area contributed by atoms with Gasteiger partial charge in [-0.3, -0.25) is 14.9 Å². The molecule has 1 heterocycles. The van der Waals surface area contributed by atoms with Gasteiger partial charge in [-0.05, 0) is 12.1 Å². The number of rotatable bonds is 4. The Bertz CT molecular complexity index is 604. The summed E-state index contributed by atoms with van der Waals surface area (Å²) in [5.74, 6) is 0.145. The molecule has 0 atom stereocenters. The Kier molecular flexibility index (Phi) is 3.56. The van der Waals surface area contributed by atoms with Gasteiger partial charge in [-0.2, -0.15) is 0 Å². The average Bonchev–Trinajstić information content (AvgIpc) is 2.87. The van der Waals surface area contributed by atoms with E-state index in [1.807, 2.05) is 6.92 Å². The summed E-state index contributed by atoms with van der Waals surface area (Å²) in [6, 6.07) is 5.58. The van der Waals surface area contributed by atoms with Crippen LogP contribution in [0.4, 0.5) is 11.4 Å². The molecule has 1 aromatic carbocycles. The van der Waals surface area contributed by atoms with E-state index in [-0.39, 0.29) is 11.6 Å². The number of aryl methyl sites for hydroxylation is 1. The number of benzene rings is 1. The zero-order valence-electron chi connectivity index (χ0n) is 10.1. The van der Waals surface area contributed by atoms with E-state index in [9.17, 15) is 14.9 Å². The Morgan fingerprint density at radius 3 is 2.68 bits per heavy atom. The van der Waals surface area contributed by atoms with Crippen molar-refractivity contribution >= 4 is 17.3 Å². The van der Waals surface area contributed by atoms with Crippen molar-refractivity contribution in [1.29, 1.82) is 0 Å². The van der Waals surface area contributed by atoms with E-state index >= 15 is 0 Å². The summed E-state index contributed by atoms with van der Waals surface area (Å²) >= 11 is 0. The van der Waals surface area contributed by atoms with Crippen LogP contribution in [0.5, 0.6) is 0 Å². The Labute approximate surface area is 108 Å². The number of nitro groups is 1. The van der Waals surface area contributed by atoms with Gasteiger partial charge in [0.25, 0.3) is 11.6 Å². The van der Waals surface area contributed by atoms with Crippen LogP contribution in [0.25, 0.3) is 0 Å². The number of nitro benzene ring substituents is 1. The summed E-state index contributed by atoms with van der Waals surface area (Å²) in [5.41, 5.74) is 0.803. The molecule has 0 fully saturated rings. The maximum Gasteiger partial charge on any atom is 0.269 e. The van der Waals surface area contributed by atoms with Gasteiger partial charge in [0.1, 0.15) is 11.3 Å². The van der Waals surface area contributed by atoms with Gasteiger partial charge in [0.2, 0.25) is 0 Å². The molecule has 0 saturated heterocycles. The zero-order valence-corrected chi connectivity index (χ0v) is 10.1. The van der Waals surface area contributed by atoms with E-state index in [0.717, 1.165) is 0 Å². The van der Waals surface area contributed by atoms with E-state index in [1.54, 1.807) is 0 Å². The monoisotopic (exact) mass is 261 g/mol. The second-order valence-electron chi connectivity index (χ2n) is 3.77. The minimum Gasteiger partial charge on any atom is -0.361 e. The van der Waals surface area contributed by atoms with Crippen molar-refractivity contribution in [2.24, 2.45) is 0 Å². The fourth-order valence-electron chi connectivity index (χ4n) is 1.57. The van der Waals surface area contributed by atoms with Gasteiger partial charge in [0, 0.05) is 24.2 Å². The number of carbonyl (C=O) groups excluding carboxylic acids is 1. The molecule has 19 heavy (non-hydrogen) atoms. The molecule has 98 valence electrons. The molecule has 0 aliphatic rings. The molecule has 0 aliphatic carbocycles. The van der Waals surface area contributed by atoms with E-state index in [1.165, 1.54) is 30.5 Å². The Morgan fingerprint density at radius 2 is 2.11 bits per heavy atom. The van der Waals surface area contributed by atoms with Gasteiger partial charge in [0.15, 0.2) is 0 Å². The van der Waals surface area contributed by atoms with Gasteiger partial charge in [-0.1, -0.05) is 12.1 Å². The first kappa shape index (κ1) is 12.7. The van der Waals surface area contributed by atoms with Crippen LogP contribution in [0.1, 0.15) is 23.0 Å². The summed E-state index contributed by atoms with van der Waals surface area (Å²) < 4.78 is 4.92. The molecule has 1 N–H and O–H groups in total. The third-order valence-corrected chi connectivity index (χ3v) is 2.55. The smallest absolute Gasteiger partial charge is 0.269 e. The summed E-state index contributed by atoms with van der Waals surface area (Å²) in [7, 11) is 0. The zero-order chi connectivity index (χ0) is 13.8. The van der Waals surface area contributed by atoms with Crippen LogP contribution in [-0.4, -0.2) is 16.0 Å². The van der Waals surface area contributed by atoms with Gasteiger partial charge in [-0.15, -0.1) is 0 Å². The summed E-state index contributed by atoms with van der Waals surface area (Å²) in [6.07, 6.45) is 1.91. The highest BCUT2D eigenvalue weighted by Gasteiger charge is 2.15. The molecular weight excluding hydrogens is 250 g/mol. The quantitative estimate of drug-likeness (QED) is 0.673. The van der Waals surface area contributed by atoms with Crippen molar-refractivity contribution in [2.75, 3.05) is 5.32 Å². The molecule has 0 bridgehead atoms. The Morgan fingerprint density at radius 1 is 1.42 bits per heavy atom. The molecule has 2 rings (SSSR count). The predicted molar refractivity (Wildman–Crippen MR) is 66.9 cm³/mol. The van der Waals surface area contributed by atoms with Crippen molar-refractivity contribution in [2.45, 2.75) is 13.3 Å². The first-order valence-corrected chi connectivity index (χ1v) is 5.61. The van der Waals surface area contributed by atoms with Crippen LogP contribution >= 0.6 is 0 Å². The predicted octanol–water partition coefficient (Wildman–Crippen LogP) is 2.40. The van der Waals surface area contributed by atoms with Crippen molar-refractivity contribution in [1.82, 2.24) is 5.16 Å². The lowest BCUT2D eigenvalue weighted by Crippen LogP contribution is -2.12. The molecule has 0 saturated carbocycles. The summed E-state index contributed by atoms with van der Waals surface area (Å²) in [4.78, 5) is 21.9. The van der Waals surface area contributed by atoms with Gasteiger partial charge in [0.05, 0.1) is 11.1 Å². The highest BCUT2D eigenvalue weighted by atomic mass is 16.6. The fraction of sp³-hybridized carbons (Fsp3) is 0.167. The van der Waals surface area contributed by atoms with Crippen LogP contribution in [0, 0.1) is 10.1 Å². The van der Waals surface area contributed by atoms with Gasteiger partial charge >= 0.3 is 0 Å². The first-order chi connectivity index (χ1) is 9.11. The molecule has 0 aliphatic heterocycles. The Balaban J connectivity index is 2.13. The number of nitrogens with one attached hydrogen (secondary N) is 1. The molecule has 0 radical (unpaired) electrons. The Hall–Kier alpha value is -2.70. The largest absolute Gasteiger partial charge is 0.361 e. The highest BCUT2D eigenvalue weighted by molar-refractivity contribution is 6.04. The molecule has 7 heteroatoms. The minimum absolute atomic E-state index is 0.0303. The third-order valence-electron chi connectivity index (χ3n) is 2.55. The molecule has 0 spiro atoms. The number of amides is 1. The van der Waals surface area contributed by atoms with E-state index < -0.39 is 4.92 Å². The lowest BCUT2D eigenvalue weighted by atomic mass is 10.2. The fourth-order valence-corrected chi connectivity index (χ4v) is 1.57. The minimum atomic E-state index is -0.499. The van der Waals surface area contributed by atoms with Gasteiger partial charge < -0.3 is 9.84 Å².